The number of halogens is 3. The molecule has 0 aliphatic heterocycles. The van der Waals surface area contributed by atoms with Crippen molar-refractivity contribution in [3.63, 3.8) is 0 Å². The summed E-state index contributed by atoms with van der Waals surface area (Å²) in [7, 11) is 3.10. The number of hydrogen-bond donors (Lipinski definition) is 1. The molecule has 0 aliphatic rings. The molecule has 1 amide bonds. The van der Waals surface area contributed by atoms with Crippen LogP contribution in [0.4, 0.5) is 13.2 Å². The van der Waals surface area contributed by atoms with Gasteiger partial charge in [-0.2, -0.15) is 0 Å². The summed E-state index contributed by atoms with van der Waals surface area (Å²) in [6.07, 6.45) is -4.30. The maximum absolute atomic E-state index is 13.2. The second kappa shape index (κ2) is 12.9. The lowest BCUT2D eigenvalue weighted by Gasteiger charge is -2.11. The maximum atomic E-state index is 13.2. The van der Waals surface area contributed by atoms with Crippen molar-refractivity contribution in [3.8, 4) is 22.9 Å². The maximum Gasteiger partial charge on any atom is 0.573 e. The zero-order chi connectivity index (χ0) is 29.6. The summed E-state index contributed by atoms with van der Waals surface area (Å²) in [6, 6.07) is 12.5. The fourth-order valence-corrected chi connectivity index (χ4v) is 4.88. The molecule has 2 heterocycles. The monoisotopic (exact) mass is 588 g/mol. The molecule has 0 aliphatic carbocycles. The third kappa shape index (κ3) is 7.87. The van der Waals surface area contributed by atoms with Crippen molar-refractivity contribution in [2.75, 3.05) is 20.8 Å². The highest BCUT2D eigenvalue weighted by Crippen LogP contribution is 2.28. The number of rotatable bonds is 11. The van der Waals surface area contributed by atoms with Crippen molar-refractivity contribution in [3.05, 3.63) is 76.9 Å². The Kier molecular flexibility index (Phi) is 9.32. The number of benzene rings is 2. The van der Waals surface area contributed by atoms with E-state index in [9.17, 15) is 18.0 Å². The zero-order valence-corrected chi connectivity index (χ0v) is 23.5. The summed E-state index contributed by atoms with van der Waals surface area (Å²) in [5, 5.41) is 11.6. The molecule has 0 saturated carbocycles. The van der Waals surface area contributed by atoms with Crippen LogP contribution in [0.1, 0.15) is 33.1 Å². The van der Waals surface area contributed by atoms with Crippen LogP contribution in [-0.4, -0.2) is 58.0 Å². The van der Waals surface area contributed by atoms with Crippen LogP contribution in [0.3, 0.4) is 0 Å². The van der Waals surface area contributed by atoms with Crippen molar-refractivity contribution < 1.29 is 32.2 Å². The first-order chi connectivity index (χ1) is 19.6. The molecular formula is C27H27F3N6O4S. The average Bonchev–Trinajstić information content (AvgIpc) is 3.35. The van der Waals surface area contributed by atoms with Gasteiger partial charge in [0.25, 0.3) is 5.91 Å². The molecule has 0 bridgehead atoms. The lowest BCUT2D eigenvalue weighted by molar-refractivity contribution is -0.274. The molecule has 0 saturated heterocycles. The number of amides is 1. The first-order valence-electron chi connectivity index (χ1n) is 12.3. The number of carbonyl (C=O) groups excluding carboxylic acids is 1. The largest absolute Gasteiger partial charge is 0.573 e. The minimum absolute atomic E-state index is 0.0739. The van der Waals surface area contributed by atoms with Gasteiger partial charge < -0.3 is 19.5 Å². The summed E-state index contributed by atoms with van der Waals surface area (Å²) < 4.78 is 53.8. The number of nitrogens with zero attached hydrogens (tertiary/aromatic N) is 5. The van der Waals surface area contributed by atoms with Gasteiger partial charge in [-0.3, -0.25) is 4.79 Å². The van der Waals surface area contributed by atoms with Crippen molar-refractivity contribution in [1.29, 1.82) is 0 Å². The Morgan fingerprint density at radius 3 is 2.29 bits per heavy atom. The van der Waals surface area contributed by atoms with Gasteiger partial charge in [0, 0.05) is 23.7 Å². The van der Waals surface area contributed by atoms with Crippen LogP contribution in [-0.2, 0) is 12.2 Å². The van der Waals surface area contributed by atoms with E-state index < -0.39 is 12.3 Å². The number of alkyl halides is 3. The van der Waals surface area contributed by atoms with Gasteiger partial charge in [-0.15, -0.1) is 18.3 Å². The summed E-state index contributed by atoms with van der Waals surface area (Å²) in [4.78, 5) is 22.0. The van der Waals surface area contributed by atoms with E-state index >= 15 is 0 Å². The molecule has 216 valence electrons. The number of aryl methyl sites for hydroxylation is 2. The smallest absolute Gasteiger partial charge is 0.493 e. The highest BCUT2D eigenvalue weighted by Gasteiger charge is 2.31. The van der Waals surface area contributed by atoms with E-state index in [-0.39, 0.29) is 17.2 Å². The van der Waals surface area contributed by atoms with Crippen LogP contribution < -0.4 is 19.5 Å². The predicted octanol–water partition coefficient (Wildman–Crippen LogP) is 4.85. The third-order valence-electron chi connectivity index (χ3n) is 5.74. The van der Waals surface area contributed by atoms with E-state index in [2.05, 4.69) is 30.3 Å². The van der Waals surface area contributed by atoms with Crippen LogP contribution in [0, 0.1) is 13.8 Å². The Bertz CT molecular complexity index is 1490. The standard InChI is InChI=1S/C27H27F3N6O4S/c1-16-13-17(2)33-26(32-16)41-15-21-24(25(37)31-12-11-18-5-10-22(38-3)23(14-18)39-4)34-35-36(21)19-6-8-20(9-7-19)40-27(28,29)30/h5-10,13-14H,11-12,15H2,1-4H3,(H,31,37). The third-order valence-corrected chi connectivity index (χ3v) is 6.60. The van der Waals surface area contributed by atoms with E-state index in [1.165, 1.54) is 28.6 Å². The molecule has 0 fully saturated rings. The van der Waals surface area contributed by atoms with E-state index in [0.29, 0.717) is 41.0 Å². The van der Waals surface area contributed by atoms with Crippen molar-refractivity contribution in [1.82, 2.24) is 30.3 Å². The Balaban J connectivity index is 1.55. The molecule has 0 radical (unpaired) electrons. The molecule has 0 unspecified atom stereocenters. The van der Waals surface area contributed by atoms with Crippen molar-refractivity contribution >= 4 is 17.7 Å². The number of nitrogens with one attached hydrogen (secondary N) is 1. The number of ether oxygens (including phenoxy) is 3. The number of thioether (sulfide) groups is 1. The van der Waals surface area contributed by atoms with Gasteiger partial charge in [-0.25, -0.2) is 14.6 Å². The molecule has 1 N–H and O–H groups in total. The zero-order valence-electron chi connectivity index (χ0n) is 22.7. The van der Waals surface area contributed by atoms with E-state index in [1.54, 1.807) is 20.3 Å². The molecule has 2 aromatic carbocycles. The highest BCUT2D eigenvalue weighted by atomic mass is 32.2. The molecule has 0 spiro atoms. The van der Waals surface area contributed by atoms with Gasteiger partial charge in [-0.1, -0.05) is 23.0 Å². The lowest BCUT2D eigenvalue weighted by atomic mass is 10.1. The van der Waals surface area contributed by atoms with Crippen LogP contribution in [0.15, 0.2) is 53.7 Å². The Morgan fingerprint density at radius 2 is 1.66 bits per heavy atom. The molecular weight excluding hydrogens is 561 g/mol. The van der Waals surface area contributed by atoms with Gasteiger partial charge in [0.2, 0.25) is 0 Å². The van der Waals surface area contributed by atoms with E-state index in [1.807, 2.05) is 32.0 Å². The van der Waals surface area contributed by atoms with Crippen LogP contribution in [0.5, 0.6) is 17.2 Å². The van der Waals surface area contributed by atoms with Gasteiger partial charge in [0.05, 0.1) is 25.6 Å². The molecule has 4 rings (SSSR count). The van der Waals surface area contributed by atoms with Gasteiger partial charge >= 0.3 is 6.36 Å². The number of hydrogen-bond acceptors (Lipinski definition) is 9. The fraction of sp³-hybridized carbons (Fsp3) is 0.296. The Morgan fingerprint density at radius 1 is 0.976 bits per heavy atom. The van der Waals surface area contributed by atoms with Crippen molar-refractivity contribution in [2.24, 2.45) is 0 Å². The van der Waals surface area contributed by atoms with Gasteiger partial charge in [0.15, 0.2) is 22.3 Å². The Labute approximate surface area is 238 Å². The quantitative estimate of drug-likeness (QED) is 0.194. The highest BCUT2D eigenvalue weighted by molar-refractivity contribution is 7.98. The average molecular weight is 589 g/mol. The minimum atomic E-state index is -4.81. The molecule has 41 heavy (non-hydrogen) atoms. The Hall–Kier alpha value is -4.33. The fourth-order valence-electron chi connectivity index (χ4n) is 3.94. The minimum Gasteiger partial charge on any atom is -0.493 e. The van der Waals surface area contributed by atoms with Crippen LogP contribution in [0.2, 0.25) is 0 Å². The first-order valence-corrected chi connectivity index (χ1v) is 13.3. The SMILES string of the molecule is COc1ccc(CCNC(=O)c2nnn(-c3ccc(OC(F)(F)F)cc3)c2CSc2nc(C)cc(C)n2)cc1OC. The van der Waals surface area contributed by atoms with Crippen LogP contribution in [0.25, 0.3) is 5.69 Å². The van der Waals surface area contributed by atoms with E-state index in [0.717, 1.165) is 29.1 Å². The second-order valence-corrected chi connectivity index (χ2v) is 9.70. The lowest BCUT2D eigenvalue weighted by Crippen LogP contribution is -2.27. The molecule has 2 aromatic heterocycles. The number of aromatic nitrogens is 5. The molecule has 14 heteroatoms. The van der Waals surface area contributed by atoms with E-state index in [4.69, 9.17) is 9.47 Å². The number of methoxy groups -OCH3 is 2. The topological polar surface area (TPSA) is 113 Å². The molecule has 4 aromatic rings. The second-order valence-electron chi connectivity index (χ2n) is 8.76. The number of carbonyl (C=O) groups is 1. The summed E-state index contributed by atoms with van der Waals surface area (Å²) in [6.45, 7) is 4.01. The van der Waals surface area contributed by atoms with Crippen LogP contribution >= 0.6 is 11.8 Å². The first kappa shape index (κ1) is 29.6. The predicted molar refractivity (Wildman–Crippen MR) is 145 cm³/mol. The van der Waals surface area contributed by atoms with Gasteiger partial charge in [-0.05, 0) is 68.3 Å². The normalized spacial score (nSPS) is 11.3. The van der Waals surface area contributed by atoms with Crippen molar-refractivity contribution in [2.45, 2.75) is 37.5 Å². The summed E-state index contributed by atoms with van der Waals surface area (Å²) >= 11 is 1.28. The van der Waals surface area contributed by atoms with Gasteiger partial charge in [0.1, 0.15) is 5.75 Å². The summed E-state index contributed by atoms with van der Waals surface area (Å²) in [5.41, 5.74) is 3.40. The molecule has 10 nitrogen and oxygen atoms in total. The molecule has 0 atom stereocenters. The summed E-state index contributed by atoms with van der Waals surface area (Å²) in [5.74, 6) is 0.568.